The lowest BCUT2D eigenvalue weighted by Gasteiger charge is -2.13. The summed E-state index contributed by atoms with van der Waals surface area (Å²) >= 11 is 0. The number of hydrogen-bond donors (Lipinski definition) is 1. The van der Waals surface area contributed by atoms with Crippen molar-refractivity contribution in [2.45, 2.75) is 12.5 Å². The molecule has 120 valence electrons. The first kappa shape index (κ1) is 15.8. The lowest BCUT2D eigenvalue weighted by molar-refractivity contribution is -0.385. The highest BCUT2D eigenvalue weighted by atomic mass is 16.6. The van der Waals surface area contributed by atoms with Crippen molar-refractivity contribution in [2.75, 3.05) is 0 Å². The topological polar surface area (TPSA) is 82.0 Å². The molecule has 0 saturated heterocycles. The van der Waals surface area contributed by atoms with Gasteiger partial charge in [0.05, 0.1) is 22.2 Å². The summed E-state index contributed by atoms with van der Waals surface area (Å²) in [6, 6.07) is 19.8. The molecule has 5 heteroatoms. The van der Waals surface area contributed by atoms with Crippen LogP contribution in [-0.4, -0.2) is 9.91 Å². The number of nitro groups is 1. The average Bonchev–Trinajstić information content (AvgIpc) is 2.62. The second kappa shape index (κ2) is 7.02. The van der Waals surface area contributed by atoms with Crippen LogP contribution in [0, 0.1) is 10.1 Å². The minimum absolute atomic E-state index is 0.0292. The quantitative estimate of drug-likeness (QED) is 0.575. The van der Waals surface area contributed by atoms with E-state index in [0.717, 1.165) is 11.1 Å². The van der Waals surface area contributed by atoms with E-state index in [4.69, 9.17) is 5.73 Å². The second-order valence-electron chi connectivity index (χ2n) is 5.54. The Kier molecular flexibility index (Phi) is 4.63. The highest BCUT2D eigenvalue weighted by molar-refractivity contribution is 5.48. The maximum Gasteiger partial charge on any atom is 0.274 e. The van der Waals surface area contributed by atoms with Crippen LogP contribution in [0.4, 0.5) is 5.69 Å². The number of rotatable bonds is 5. The fourth-order valence-electron chi connectivity index (χ4n) is 2.67. The molecule has 1 aromatic heterocycles. The molecule has 2 aromatic carbocycles. The number of benzene rings is 2. The zero-order chi connectivity index (χ0) is 16.9. The van der Waals surface area contributed by atoms with Gasteiger partial charge in [0.15, 0.2) is 0 Å². The zero-order valence-electron chi connectivity index (χ0n) is 13.0. The van der Waals surface area contributed by atoms with Gasteiger partial charge in [-0.05, 0) is 35.7 Å². The van der Waals surface area contributed by atoms with Crippen molar-refractivity contribution in [3.8, 4) is 0 Å². The molecule has 0 aliphatic carbocycles. The van der Waals surface area contributed by atoms with Gasteiger partial charge >= 0.3 is 0 Å². The molecular weight excluding hydrogens is 302 g/mol. The third-order valence-corrected chi connectivity index (χ3v) is 3.88. The van der Waals surface area contributed by atoms with Gasteiger partial charge in [0, 0.05) is 12.3 Å². The van der Waals surface area contributed by atoms with Crippen LogP contribution >= 0.6 is 0 Å². The Morgan fingerprint density at radius 2 is 1.75 bits per heavy atom. The van der Waals surface area contributed by atoms with Crippen molar-refractivity contribution in [3.63, 3.8) is 0 Å². The van der Waals surface area contributed by atoms with Gasteiger partial charge in [-0.1, -0.05) is 42.5 Å². The molecule has 24 heavy (non-hydrogen) atoms. The summed E-state index contributed by atoms with van der Waals surface area (Å²) in [5.74, 6) is 0. The summed E-state index contributed by atoms with van der Waals surface area (Å²) in [6.45, 7) is 0. The van der Waals surface area contributed by atoms with Crippen LogP contribution in [-0.2, 0) is 6.42 Å². The molecule has 0 amide bonds. The Morgan fingerprint density at radius 1 is 1.00 bits per heavy atom. The molecule has 2 N–H and O–H groups in total. The van der Waals surface area contributed by atoms with E-state index in [1.54, 1.807) is 30.5 Å². The Morgan fingerprint density at radius 3 is 2.42 bits per heavy atom. The van der Waals surface area contributed by atoms with Crippen molar-refractivity contribution >= 4 is 5.69 Å². The van der Waals surface area contributed by atoms with Gasteiger partial charge in [-0.15, -0.1) is 0 Å². The highest BCUT2D eigenvalue weighted by Gasteiger charge is 2.22. The van der Waals surface area contributed by atoms with Crippen molar-refractivity contribution in [3.05, 3.63) is 105 Å². The molecule has 0 bridgehead atoms. The van der Waals surface area contributed by atoms with Gasteiger partial charge < -0.3 is 5.73 Å². The third-order valence-electron chi connectivity index (χ3n) is 3.88. The van der Waals surface area contributed by atoms with E-state index in [9.17, 15) is 10.1 Å². The summed E-state index contributed by atoms with van der Waals surface area (Å²) in [4.78, 5) is 15.3. The molecule has 1 atom stereocenters. The SMILES string of the molecule is NC(c1ccccn1)c1ccc(Cc2ccccc2)cc1[N+](=O)[O-]. The van der Waals surface area contributed by atoms with Gasteiger partial charge in [0.25, 0.3) is 5.69 Å². The summed E-state index contributed by atoms with van der Waals surface area (Å²) in [7, 11) is 0. The van der Waals surface area contributed by atoms with Gasteiger partial charge in [-0.25, -0.2) is 0 Å². The van der Waals surface area contributed by atoms with Crippen LogP contribution in [0.15, 0.2) is 72.9 Å². The predicted molar refractivity (Wildman–Crippen MR) is 92.6 cm³/mol. The number of aromatic nitrogens is 1. The molecule has 0 saturated carbocycles. The predicted octanol–water partition coefficient (Wildman–Crippen LogP) is 3.63. The van der Waals surface area contributed by atoms with Crippen molar-refractivity contribution < 1.29 is 4.92 Å². The Hall–Kier alpha value is -3.05. The van der Waals surface area contributed by atoms with Crippen LogP contribution in [0.3, 0.4) is 0 Å². The van der Waals surface area contributed by atoms with Gasteiger partial charge in [-0.2, -0.15) is 0 Å². The van der Waals surface area contributed by atoms with Crippen LogP contribution < -0.4 is 5.73 Å². The fourth-order valence-corrected chi connectivity index (χ4v) is 2.67. The van der Waals surface area contributed by atoms with Crippen molar-refractivity contribution in [1.82, 2.24) is 4.98 Å². The van der Waals surface area contributed by atoms with Crippen LogP contribution in [0.1, 0.15) is 28.4 Å². The molecule has 1 heterocycles. The molecule has 0 spiro atoms. The van der Waals surface area contributed by atoms with Crippen LogP contribution in [0.25, 0.3) is 0 Å². The van der Waals surface area contributed by atoms with Crippen molar-refractivity contribution in [1.29, 1.82) is 0 Å². The molecule has 0 aliphatic rings. The molecule has 3 rings (SSSR count). The number of nitro benzene ring substituents is 1. The molecule has 0 aliphatic heterocycles. The van der Waals surface area contributed by atoms with Crippen LogP contribution in [0.5, 0.6) is 0 Å². The second-order valence-corrected chi connectivity index (χ2v) is 5.54. The maximum atomic E-state index is 11.5. The Bertz CT molecular complexity index is 836. The van der Waals surface area contributed by atoms with Crippen molar-refractivity contribution in [2.24, 2.45) is 5.73 Å². The molecule has 3 aromatic rings. The van der Waals surface area contributed by atoms with E-state index in [2.05, 4.69) is 4.98 Å². The standard InChI is InChI=1S/C19H17N3O2/c20-19(17-8-4-5-11-21-17)16-10-9-15(13-18(16)22(23)24)12-14-6-2-1-3-7-14/h1-11,13,19H,12,20H2. The van der Waals surface area contributed by atoms with Crippen LogP contribution in [0.2, 0.25) is 0 Å². The summed E-state index contributed by atoms with van der Waals surface area (Å²) in [5.41, 5.74) is 9.28. The Balaban J connectivity index is 1.95. The Labute approximate surface area is 139 Å². The van der Waals surface area contributed by atoms with E-state index in [0.29, 0.717) is 17.7 Å². The summed E-state index contributed by atoms with van der Waals surface area (Å²) < 4.78 is 0. The summed E-state index contributed by atoms with van der Waals surface area (Å²) in [5, 5.41) is 11.5. The minimum Gasteiger partial charge on any atom is -0.319 e. The summed E-state index contributed by atoms with van der Waals surface area (Å²) in [6.07, 6.45) is 2.27. The largest absolute Gasteiger partial charge is 0.319 e. The first-order valence-electron chi connectivity index (χ1n) is 7.63. The average molecular weight is 319 g/mol. The molecular formula is C19H17N3O2. The third kappa shape index (κ3) is 3.47. The molecule has 0 fully saturated rings. The lowest BCUT2D eigenvalue weighted by Crippen LogP contribution is -2.15. The number of hydrogen-bond acceptors (Lipinski definition) is 4. The number of nitrogens with two attached hydrogens (primary N) is 1. The lowest BCUT2D eigenvalue weighted by atomic mass is 9.97. The normalized spacial score (nSPS) is 11.9. The van der Waals surface area contributed by atoms with Gasteiger partial charge in [-0.3, -0.25) is 15.1 Å². The highest BCUT2D eigenvalue weighted by Crippen LogP contribution is 2.29. The molecule has 5 nitrogen and oxygen atoms in total. The zero-order valence-corrected chi connectivity index (χ0v) is 13.0. The number of pyridine rings is 1. The van der Waals surface area contributed by atoms with E-state index in [-0.39, 0.29) is 10.6 Å². The van der Waals surface area contributed by atoms with Gasteiger partial charge in [0.2, 0.25) is 0 Å². The minimum atomic E-state index is -0.627. The van der Waals surface area contributed by atoms with E-state index < -0.39 is 6.04 Å². The smallest absolute Gasteiger partial charge is 0.274 e. The monoisotopic (exact) mass is 319 g/mol. The number of nitrogens with zero attached hydrogens (tertiary/aromatic N) is 2. The van der Waals surface area contributed by atoms with E-state index >= 15 is 0 Å². The van der Waals surface area contributed by atoms with E-state index in [1.165, 1.54) is 0 Å². The first-order valence-corrected chi connectivity index (χ1v) is 7.63. The maximum absolute atomic E-state index is 11.5. The van der Waals surface area contributed by atoms with Gasteiger partial charge in [0.1, 0.15) is 0 Å². The van der Waals surface area contributed by atoms with E-state index in [1.807, 2.05) is 42.5 Å². The molecule has 1 unspecified atom stereocenters. The molecule has 0 radical (unpaired) electrons. The fraction of sp³-hybridized carbons (Fsp3) is 0.105. The first-order chi connectivity index (χ1) is 11.6.